The summed E-state index contributed by atoms with van der Waals surface area (Å²) < 4.78 is 99.0. The fourth-order valence-corrected chi connectivity index (χ4v) is 12.1. The van der Waals surface area contributed by atoms with Gasteiger partial charge >= 0.3 is 0 Å². The van der Waals surface area contributed by atoms with Crippen molar-refractivity contribution in [1.29, 1.82) is 0 Å². The standard InChI is InChI=1S/2C21H23FN6.C20H21FN6O/c2*1-13-5-6-18-16(10-15(22)11-23-18)19-4-3-8-27(19)20-7-9-28-21(26-20)17(12-24-28)14(2)25-13;1-12-4-5-16-14(9-13(21)10-22-16)17-3-2-7-26(17)18-6-8-27-19(25-18)15(11-23-27)20(28)24-12/h2*7,9-13,19,25H,2-6,8H2,1H3;6,8-12,17H,2-5,7H2,1H3,(H,24,28)/t13-,19?;13-,19-;12-,17+/m111/s1/i2*8D2;7D2. The van der Waals surface area contributed by atoms with Gasteiger partial charge in [-0.25, -0.2) is 41.7 Å². The summed E-state index contributed by atoms with van der Waals surface area (Å²) in [5.41, 5.74) is 9.35. The van der Waals surface area contributed by atoms with Crippen LogP contribution in [0.3, 0.4) is 0 Å². The number of fused-ring (bicyclic) bond motifs is 15. The second-order valence-electron chi connectivity index (χ2n) is 22.2. The Labute approximate surface area is 492 Å². The van der Waals surface area contributed by atoms with Crippen LogP contribution < -0.4 is 30.7 Å². The highest BCUT2D eigenvalue weighted by atomic mass is 19.1. The van der Waals surface area contributed by atoms with E-state index in [1.54, 1.807) is 72.9 Å². The van der Waals surface area contributed by atoms with E-state index in [-0.39, 0.29) is 42.5 Å². The van der Waals surface area contributed by atoms with Crippen LogP contribution in [-0.2, 0) is 19.3 Å². The van der Waals surface area contributed by atoms with Crippen LogP contribution in [-0.4, -0.2) is 102 Å². The van der Waals surface area contributed by atoms with Gasteiger partial charge in [0.25, 0.3) is 5.91 Å². The molecule has 0 aliphatic carbocycles. The molecule has 0 saturated carbocycles. The fraction of sp³-hybridized carbons (Fsp3) is 0.387. The van der Waals surface area contributed by atoms with E-state index < -0.39 is 43.0 Å². The van der Waals surface area contributed by atoms with Gasteiger partial charge in [-0.05, 0) is 151 Å². The van der Waals surface area contributed by atoms with Crippen LogP contribution in [0.25, 0.3) is 28.3 Å². The van der Waals surface area contributed by atoms with Crippen LogP contribution in [0, 0.1) is 17.5 Å². The van der Waals surface area contributed by atoms with E-state index in [4.69, 9.17) is 18.2 Å². The lowest BCUT2D eigenvalue weighted by Crippen LogP contribution is -2.33. The lowest BCUT2D eigenvalue weighted by Gasteiger charge is -2.27. The van der Waals surface area contributed by atoms with E-state index in [2.05, 4.69) is 78.2 Å². The SMILES string of the molecule is [2H]C1([2H])CCC2c3cc(F)cnc3CC[C@@H](C)NC(=C)c3cnn4ccc(nc34)N21.[2H]C1([2H])CC[C@@H]2c3cc(F)cnc3CC[C@@H](C)NC(=C)c3cnn4ccc(nc34)N21.[2H]C1([2H])CC[C@H]2c3cc(F)cnc3CC[C@@H](C)NC(=O)c3cnn4ccc(nc34)N21. The topological polar surface area (TPSA) is 192 Å². The molecule has 6 aliphatic heterocycles. The molecule has 22 heteroatoms. The van der Waals surface area contributed by atoms with Crippen LogP contribution >= 0.6 is 0 Å². The van der Waals surface area contributed by atoms with Crippen LogP contribution in [0.1, 0.15) is 160 Å². The number of nitrogens with one attached hydrogen (secondary N) is 3. The monoisotopic (exact) mass is 1140 g/mol. The number of aryl methyl sites for hydroxylation is 3. The molecule has 9 aromatic rings. The minimum atomic E-state index is -1.67. The third-order valence-corrected chi connectivity index (χ3v) is 16.4. The highest BCUT2D eigenvalue weighted by Gasteiger charge is 2.34. The van der Waals surface area contributed by atoms with Crippen LogP contribution in [0.15, 0.2) is 105 Å². The maximum Gasteiger partial charge on any atom is 0.256 e. The molecule has 3 N–H and O–H groups in total. The minimum Gasteiger partial charge on any atom is -0.382 e. The molecular weight excluding hydrogens is 1070 g/mol. The number of carbonyl (C=O) groups excluding carboxylic acids is 1. The van der Waals surface area contributed by atoms with Gasteiger partial charge in [-0.15, -0.1) is 0 Å². The Hall–Kier alpha value is -8.95. The number of halogens is 3. The van der Waals surface area contributed by atoms with E-state index in [1.165, 1.54) is 47.5 Å². The molecule has 3 fully saturated rings. The number of hydrogen-bond acceptors (Lipinski definition) is 15. The Morgan fingerprint density at radius 1 is 0.488 bits per heavy atom. The predicted octanol–water partition coefficient (Wildman–Crippen LogP) is 9.67. The number of anilines is 3. The Morgan fingerprint density at radius 3 is 1.19 bits per heavy atom. The summed E-state index contributed by atoms with van der Waals surface area (Å²) in [6.45, 7) is 9.48. The lowest BCUT2D eigenvalue weighted by atomic mass is 9.98. The van der Waals surface area contributed by atoms with Gasteiger partial charge in [0, 0.05) is 92.9 Å². The second kappa shape index (κ2) is 22.7. The zero-order chi connectivity index (χ0) is 63.1. The number of hydrogen-bond donors (Lipinski definition) is 3. The number of carbonyl (C=O) groups is 1. The Kier molecular flexibility index (Phi) is 12.8. The average Bonchev–Trinajstić information content (AvgIpc) is 1.62. The third kappa shape index (κ3) is 10.6. The third-order valence-electron chi connectivity index (χ3n) is 16.4. The van der Waals surface area contributed by atoms with Gasteiger partial charge in [0.1, 0.15) is 40.5 Å². The van der Waals surface area contributed by atoms with E-state index in [0.717, 1.165) is 57.9 Å². The van der Waals surface area contributed by atoms with Crippen molar-refractivity contribution in [3.63, 3.8) is 0 Å². The smallest absolute Gasteiger partial charge is 0.256 e. The van der Waals surface area contributed by atoms with Gasteiger partial charge in [-0.2, -0.15) is 15.3 Å². The number of nitrogens with zero attached hydrogens (tertiary/aromatic N) is 15. The summed E-state index contributed by atoms with van der Waals surface area (Å²) in [7, 11) is 0. The van der Waals surface area contributed by atoms with Gasteiger partial charge in [-0.1, -0.05) is 13.2 Å². The van der Waals surface area contributed by atoms with Gasteiger partial charge in [0.15, 0.2) is 16.9 Å². The molecule has 0 spiro atoms. The number of amides is 1. The van der Waals surface area contributed by atoms with Crippen molar-refractivity contribution in [3.05, 3.63) is 173 Å². The highest BCUT2D eigenvalue weighted by molar-refractivity contribution is 6.00. The highest BCUT2D eigenvalue weighted by Crippen LogP contribution is 2.41. The van der Waals surface area contributed by atoms with Crippen molar-refractivity contribution in [3.8, 4) is 0 Å². The predicted molar refractivity (Wildman–Crippen MR) is 315 cm³/mol. The molecule has 6 aliphatic rings. The molecule has 1 amide bonds. The van der Waals surface area contributed by atoms with Gasteiger partial charge in [-0.3, -0.25) is 19.7 Å². The van der Waals surface area contributed by atoms with Crippen molar-refractivity contribution in [2.24, 2.45) is 0 Å². The van der Waals surface area contributed by atoms with E-state index >= 15 is 0 Å². The number of pyridine rings is 3. The molecule has 6 bridgehead atoms. The molecule has 9 aromatic heterocycles. The second-order valence-corrected chi connectivity index (χ2v) is 22.2. The summed E-state index contributed by atoms with van der Waals surface area (Å²) in [6.07, 6.45) is 20.4. The zero-order valence-corrected chi connectivity index (χ0v) is 46.8. The first-order valence-electron chi connectivity index (χ1n) is 31.6. The number of rotatable bonds is 0. The summed E-state index contributed by atoms with van der Waals surface area (Å²) in [6, 6.07) is 8.64. The maximum atomic E-state index is 14.2. The van der Waals surface area contributed by atoms with Crippen molar-refractivity contribution < 1.29 is 26.2 Å². The van der Waals surface area contributed by atoms with E-state index in [9.17, 15) is 18.0 Å². The first kappa shape index (κ1) is 47.5. The molecule has 6 atom stereocenters. The van der Waals surface area contributed by atoms with Crippen molar-refractivity contribution in [2.45, 2.75) is 134 Å². The molecular formula is C62H67F3N18O. The molecule has 0 radical (unpaired) electrons. The zero-order valence-electron chi connectivity index (χ0n) is 52.8. The van der Waals surface area contributed by atoms with E-state index in [0.29, 0.717) is 109 Å². The number of aromatic nitrogens is 12. The average molecular weight is 1140 g/mol. The van der Waals surface area contributed by atoms with E-state index in [1.807, 2.05) is 6.92 Å². The van der Waals surface area contributed by atoms with Gasteiger partial charge < -0.3 is 30.7 Å². The molecule has 15 rings (SSSR count). The first-order chi connectivity index (χ1) is 43.0. The van der Waals surface area contributed by atoms with Crippen LogP contribution in [0.2, 0.25) is 0 Å². The molecule has 15 heterocycles. The van der Waals surface area contributed by atoms with Gasteiger partial charge in [0.2, 0.25) is 0 Å². The quantitative estimate of drug-likeness (QED) is 0.130. The summed E-state index contributed by atoms with van der Waals surface area (Å²) in [4.78, 5) is 44.9. The Balaban J connectivity index is 0.000000124. The van der Waals surface area contributed by atoms with Crippen LogP contribution in [0.4, 0.5) is 30.6 Å². The Bertz CT molecular complexity index is 3870. The van der Waals surface area contributed by atoms with Crippen molar-refractivity contribution in [1.82, 2.24) is 74.7 Å². The molecule has 3 saturated heterocycles. The van der Waals surface area contributed by atoms with Crippen LogP contribution in [0.5, 0.6) is 0 Å². The maximum absolute atomic E-state index is 14.2. The summed E-state index contributed by atoms with van der Waals surface area (Å²) in [5, 5.41) is 22.7. The van der Waals surface area contributed by atoms with Crippen molar-refractivity contribution >= 4 is 51.7 Å². The molecule has 19 nitrogen and oxygen atoms in total. The molecule has 84 heavy (non-hydrogen) atoms. The first-order valence-corrected chi connectivity index (χ1v) is 28.6. The minimum absolute atomic E-state index is 0.113. The lowest BCUT2D eigenvalue weighted by molar-refractivity contribution is 0.0939. The molecule has 432 valence electrons. The van der Waals surface area contributed by atoms with Gasteiger partial charge in [0.05, 0.1) is 66.4 Å². The summed E-state index contributed by atoms with van der Waals surface area (Å²) in [5.74, 6) is -0.188. The fourth-order valence-electron chi connectivity index (χ4n) is 12.1. The largest absolute Gasteiger partial charge is 0.382 e. The van der Waals surface area contributed by atoms with Crippen molar-refractivity contribution in [2.75, 3.05) is 34.2 Å². The molecule has 1 unspecified atom stereocenters. The summed E-state index contributed by atoms with van der Waals surface area (Å²) >= 11 is 0. The Morgan fingerprint density at radius 2 is 0.821 bits per heavy atom. The molecule has 0 aromatic carbocycles. The normalized spacial score (nSPS) is 25.1.